The van der Waals surface area contributed by atoms with E-state index >= 15 is 0 Å². The molecule has 96 valence electrons. The van der Waals surface area contributed by atoms with Crippen molar-refractivity contribution < 1.29 is 9.15 Å². The number of furan rings is 1. The quantitative estimate of drug-likeness (QED) is 0.824. The van der Waals surface area contributed by atoms with E-state index in [-0.39, 0.29) is 0 Å². The minimum Gasteiger partial charge on any atom is -0.467 e. The van der Waals surface area contributed by atoms with E-state index < -0.39 is 0 Å². The molecule has 1 saturated carbocycles. The molecule has 1 heterocycles. The third-order valence-electron chi connectivity index (χ3n) is 3.30. The van der Waals surface area contributed by atoms with Gasteiger partial charge in [0.1, 0.15) is 12.4 Å². The summed E-state index contributed by atoms with van der Waals surface area (Å²) < 4.78 is 11.4. The van der Waals surface area contributed by atoms with Crippen molar-refractivity contribution in [1.82, 2.24) is 5.32 Å². The van der Waals surface area contributed by atoms with Gasteiger partial charge in [-0.05, 0) is 25.5 Å². The molecule has 1 aromatic rings. The van der Waals surface area contributed by atoms with E-state index in [0.29, 0.717) is 12.7 Å². The highest BCUT2D eigenvalue weighted by Crippen LogP contribution is 2.21. The normalized spacial score (nSPS) is 17.5. The van der Waals surface area contributed by atoms with E-state index in [2.05, 4.69) is 18.3 Å². The Morgan fingerprint density at radius 1 is 1.35 bits per heavy atom. The van der Waals surface area contributed by atoms with Gasteiger partial charge in [0.15, 0.2) is 0 Å². The van der Waals surface area contributed by atoms with Gasteiger partial charge >= 0.3 is 0 Å². The minimum atomic E-state index is 0.450. The number of hydrogen-bond donors (Lipinski definition) is 1. The molecule has 1 aliphatic rings. The Balaban J connectivity index is 1.72. The van der Waals surface area contributed by atoms with Crippen molar-refractivity contribution in [2.24, 2.45) is 0 Å². The van der Waals surface area contributed by atoms with Crippen molar-refractivity contribution in [2.45, 2.75) is 58.3 Å². The fraction of sp³-hybridized carbons (Fsp3) is 0.714. The summed E-state index contributed by atoms with van der Waals surface area (Å²) in [5.74, 6) is 0.948. The average molecular weight is 237 g/mol. The second-order valence-electron chi connectivity index (χ2n) is 4.77. The molecule has 17 heavy (non-hydrogen) atoms. The van der Waals surface area contributed by atoms with Crippen LogP contribution in [0.1, 0.15) is 50.4 Å². The molecular weight excluding hydrogens is 214 g/mol. The van der Waals surface area contributed by atoms with Gasteiger partial charge in [0, 0.05) is 12.1 Å². The van der Waals surface area contributed by atoms with Gasteiger partial charge in [-0.3, -0.25) is 0 Å². The molecule has 0 spiro atoms. The van der Waals surface area contributed by atoms with Crippen LogP contribution in [0.3, 0.4) is 0 Å². The minimum absolute atomic E-state index is 0.450. The highest BCUT2D eigenvalue weighted by molar-refractivity contribution is 5.12. The molecule has 3 nitrogen and oxygen atoms in total. The molecule has 0 unspecified atom stereocenters. The van der Waals surface area contributed by atoms with Crippen LogP contribution in [0.15, 0.2) is 16.7 Å². The highest BCUT2D eigenvalue weighted by Gasteiger charge is 2.14. The summed E-state index contributed by atoms with van der Waals surface area (Å²) in [5.41, 5.74) is 1.20. The predicted octanol–water partition coefficient (Wildman–Crippen LogP) is 3.24. The van der Waals surface area contributed by atoms with Gasteiger partial charge in [-0.15, -0.1) is 0 Å². The molecule has 1 fully saturated rings. The molecule has 1 N–H and O–H groups in total. The fourth-order valence-corrected chi connectivity index (χ4v) is 2.30. The maximum Gasteiger partial charge on any atom is 0.129 e. The van der Waals surface area contributed by atoms with Crippen LogP contribution in [0.2, 0.25) is 0 Å². The molecule has 2 rings (SSSR count). The fourth-order valence-electron chi connectivity index (χ4n) is 2.30. The zero-order valence-corrected chi connectivity index (χ0v) is 10.7. The lowest BCUT2D eigenvalue weighted by atomic mass is 9.98. The average Bonchev–Trinajstić information content (AvgIpc) is 2.83. The summed E-state index contributed by atoms with van der Waals surface area (Å²) in [5, 5.41) is 3.28. The first-order valence-corrected chi connectivity index (χ1v) is 6.77. The molecule has 0 bridgehead atoms. The Labute approximate surface area is 104 Å². The Morgan fingerprint density at radius 3 is 2.94 bits per heavy atom. The summed E-state index contributed by atoms with van der Waals surface area (Å²) in [4.78, 5) is 0. The van der Waals surface area contributed by atoms with Crippen LogP contribution in [0.5, 0.6) is 0 Å². The molecule has 0 atom stereocenters. The maximum atomic E-state index is 5.87. The van der Waals surface area contributed by atoms with E-state index in [0.717, 1.165) is 18.8 Å². The second-order valence-corrected chi connectivity index (χ2v) is 4.77. The van der Waals surface area contributed by atoms with Crippen LogP contribution in [0.4, 0.5) is 0 Å². The lowest BCUT2D eigenvalue weighted by molar-refractivity contribution is 0.00877. The summed E-state index contributed by atoms with van der Waals surface area (Å²) in [6.45, 7) is 4.59. The maximum absolute atomic E-state index is 5.87. The molecule has 1 aliphatic carbocycles. The first-order valence-electron chi connectivity index (χ1n) is 6.77. The van der Waals surface area contributed by atoms with Gasteiger partial charge in [-0.25, -0.2) is 0 Å². The van der Waals surface area contributed by atoms with Crippen LogP contribution >= 0.6 is 0 Å². The van der Waals surface area contributed by atoms with E-state index in [1.54, 1.807) is 0 Å². The first kappa shape index (κ1) is 12.7. The van der Waals surface area contributed by atoms with E-state index in [1.165, 1.54) is 37.7 Å². The van der Waals surface area contributed by atoms with E-state index in [9.17, 15) is 0 Å². The first-order chi connectivity index (χ1) is 8.38. The Hall–Kier alpha value is -0.800. The summed E-state index contributed by atoms with van der Waals surface area (Å²) in [6.07, 6.45) is 8.69. The summed E-state index contributed by atoms with van der Waals surface area (Å²) in [7, 11) is 0. The Bertz CT molecular complexity index is 316. The number of rotatable bonds is 6. The van der Waals surface area contributed by atoms with Crippen molar-refractivity contribution in [3.05, 3.63) is 23.7 Å². The topological polar surface area (TPSA) is 34.4 Å². The molecule has 0 aromatic carbocycles. The van der Waals surface area contributed by atoms with Crippen molar-refractivity contribution in [3.8, 4) is 0 Å². The van der Waals surface area contributed by atoms with Gasteiger partial charge in [0.2, 0.25) is 0 Å². The summed E-state index contributed by atoms with van der Waals surface area (Å²) in [6, 6.07) is 2.09. The molecule has 0 amide bonds. The van der Waals surface area contributed by atoms with Gasteiger partial charge in [-0.1, -0.05) is 26.2 Å². The molecule has 3 heteroatoms. The van der Waals surface area contributed by atoms with Crippen molar-refractivity contribution in [1.29, 1.82) is 0 Å². The van der Waals surface area contributed by atoms with Crippen molar-refractivity contribution in [3.63, 3.8) is 0 Å². The van der Waals surface area contributed by atoms with E-state index in [1.807, 2.05) is 6.26 Å². The zero-order chi connectivity index (χ0) is 11.9. The third kappa shape index (κ3) is 4.17. The van der Waals surface area contributed by atoms with Crippen LogP contribution in [0.25, 0.3) is 0 Å². The molecule has 0 radical (unpaired) electrons. The lowest BCUT2D eigenvalue weighted by Gasteiger charge is -2.21. The monoisotopic (exact) mass is 237 g/mol. The van der Waals surface area contributed by atoms with Gasteiger partial charge < -0.3 is 14.5 Å². The molecule has 0 aliphatic heterocycles. The van der Waals surface area contributed by atoms with Crippen LogP contribution in [-0.4, -0.2) is 12.6 Å². The SMILES string of the molecule is CCNCc1coc(COC2CCCCC2)c1. The van der Waals surface area contributed by atoms with Gasteiger partial charge in [0.25, 0.3) is 0 Å². The van der Waals surface area contributed by atoms with Crippen LogP contribution in [0, 0.1) is 0 Å². The summed E-state index contributed by atoms with van der Waals surface area (Å²) >= 11 is 0. The van der Waals surface area contributed by atoms with Crippen LogP contribution in [-0.2, 0) is 17.9 Å². The number of hydrogen-bond acceptors (Lipinski definition) is 3. The van der Waals surface area contributed by atoms with Gasteiger partial charge in [-0.2, -0.15) is 0 Å². The second kappa shape index (κ2) is 6.82. The van der Waals surface area contributed by atoms with Crippen molar-refractivity contribution in [2.75, 3.05) is 6.54 Å². The predicted molar refractivity (Wildman–Crippen MR) is 67.8 cm³/mol. The highest BCUT2D eigenvalue weighted by atomic mass is 16.5. The largest absolute Gasteiger partial charge is 0.467 e. The molecule has 1 aromatic heterocycles. The Kier molecular flexibility index (Phi) is 5.08. The molecule has 0 saturated heterocycles. The smallest absolute Gasteiger partial charge is 0.129 e. The third-order valence-corrected chi connectivity index (χ3v) is 3.30. The number of nitrogens with one attached hydrogen (secondary N) is 1. The van der Waals surface area contributed by atoms with Gasteiger partial charge in [0.05, 0.1) is 12.4 Å². The zero-order valence-electron chi connectivity index (χ0n) is 10.7. The van der Waals surface area contributed by atoms with Crippen LogP contribution < -0.4 is 5.32 Å². The van der Waals surface area contributed by atoms with E-state index in [4.69, 9.17) is 9.15 Å². The van der Waals surface area contributed by atoms with Crippen molar-refractivity contribution >= 4 is 0 Å². The lowest BCUT2D eigenvalue weighted by Crippen LogP contribution is -2.16. The standard InChI is InChI=1S/C14H23NO2/c1-2-15-9-12-8-14(16-10-12)11-17-13-6-4-3-5-7-13/h8,10,13,15H,2-7,9,11H2,1H3. The molecular formula is C14H23NO2. The Morgan fingerprint density at radius 2 is 2.18 bits per heavy atom. The number of ether oxygens (including phenoxy) is 1.